The van der Waals surface area contributed by atoms with Crippen molar-refractivity contribution in [2.45, 2.75) is 13.5 Å². The minimum Gasteiger partial charge on any atom is -0.467 e. The SMILES string of the molecule is Cc1[nH]nc(NCc2ccco2)c1[N+](=O)[O-]. The van der Waals surface area contributed by atoms with Gasteiger partial charge in [-0.15, -0.1) is 0 Å². The summed E-state index contributed by atoms with van der Waals surface area (Å²) in [5.74, 6) is 0.911. The number of nitrogens with one attached hydrogen (secondary N) is 2. The predicted molar refractivity (Wildman–Crippen MR) is 56.0 cm³/mol. The van der Waals surface area contributed by atoms with E-state index in [0.717, 1.165) is 0 Å². The molecule has 2 N–H and O–H groups in total. The molecule has 2 aromatic heterocycles. The molecule has 0 spiro atoms. The molecule has 0 aliphatic heterocycles. The number of hydrogen-bond acceptors (Lipinski definition) is 5. The molecule has 2 aromatic rings. The smallest absolute Gasteiger partial charge is 0.333 e. The van der Waals surface area contributed by atoms with Crippen LogP contribution in [0.1, 0.15) is 11.5 Å². The molecule has 0 unspecified atom stereocenters. The van der Waals surface area contributed by atoms with Gasteiger partial charge in [-0.3, -0.25) is 15.2 Å². The van der Waals surface area contributed by atoms with Crippen molar-refractivity contribution in [3.8, 4) is 0 Å². The Morgan fingerprint density at radius 2 is 2.50 bits per heavy atom. The minimum absolute atomic E-state index is 0.0356. The van der Waals surface area contributed by atoms with E-state index in [0.29, 0.717) is 18.0 Å². The number of nitrogens with zero attached hydrogens (tertiary/aromatic N) is 2. The van der Waals surface area contributed by atoms with Crippen LogP contribution in [0.4, 0.5) is 11.5 Å². The van der Waals surface area contributed by atoms with Gasteiger partial charge >= 0.3 is 5.69 Å². The highest BCUT2D eigenvalue weighted by Crippen LogP contribution is 2.25. The average Bonchev–Trinajstić information content (AvgIpc) is 2.83. The van der Waals surface area contributed by atoms with Crippen LogP contribution in [0.25, 0.3) is 0 Å². The van der Waals surface area contributed by atoms with Crippen LogP contribution in [-0.2, 0) is 6.54 Å². The molecule has 7 heteroatoms. The summed E-state index contributed by atoms with van der Waals surface area (Å²) < 4.78 is 5.09. The lowest BCUT2D eigenvalue weighted by Gasteiger charge is -1.99. The predicted octanol–water partition coefficient (Wildman–Crippen LogP) is 1.83. The van der Waals surface area contributed by atoms with E-state index in [4.69, 9.17) is 4.42 Å². The Hall–Kier alpha value is -2.31. The molecule has 7 nitrogen and oxygen atoms in total. The number of furan rings is 1. The van der Waals surface area contributed by atoms with Gasteiger partial charge in [-0.1, -0.05) is 0 Å². The van der Waals surface area contributed by atoms with Gasteiger partial charge in [0.15, 0.2) is 0 Å². The lowest BCUT2D eigenvalue weighted by atomic mass is 10.3. The molecule has 0 amide bonds. The van der Waals surface area contributed by atoms with E-state index in [1.807, 2.05) is 0 Å². The number of aromatic nitrogens is 2. The number of nitro groups is 1. The molecule has 0 saturated heterocycles. The zero-order valence-corrected chi connectivity index (χ0v) is 8.56. The van der Waals surface area contributed by atoms with Gasteiger partial charge in [0.1, 0.15) is 11.5 Å². The molecule has 0 saturated carbocycles. The van der Waals surface area contributed by atoms with Crippen LogP contribution in [0.15, 0.2) is 22.8 Å². The van der Waals surface area contributed by atoms with E-state index in [2.05, 4.69) is 15.5 Å². The second-order valence-corrected chi connectivity index (χ2v) is 3.24. The van der Waals surface area contributed by atoms with Gasteiger partial charge in [-0.05, 0) is 19.1 Å². The fourth-order valence-corrected chi connectivity index (χ4v) is 1.35. The summed E-state index contributed by atoms with van der Waals surface area (Å²) in [4.78, 5) is 10.3. The highest BCUT2D eigenvalue weighted by molar-refractivity contribution is 5.58. The Morgan fingerprint density at radius 1 is 1.69 bits per heavy atom. The van der Waals surface area contributed by atoms with Gasteiger partial charge in [-0.2, -0.15) is 5.10 Å². The molecular formula is C9H10N4O3. The molecule has 0 atom stereocenters. The number of H-pyrrole nitrogens is 1. The molecule has 2 rings (SSSR count). The number of aromatic amines is 1. The van der Waals surface area contributed by atoms with Crippen molar-refractivity contribution in [3.63, 3.8) is 0 Å². The molecule has 16 heavy (non-hydrogen) atoms. The molecule has 0 aromatic carbocycles. The first-order valence-electron chi connectivity index (χ1n) is 4.64. The number of rotatable bonds is 4. The quantitative estimate of drug-likeness (QED) is 0.607. The van der Waals surface area contributed by atoms with E-state index in [1.54, 1.807) is 25.3 Å². The van der Waals surface area contributed by atoms with Crippen LogP contribution in [0.3, 0.4) is 0 Å². The summed E-state index contributed by atoms with van der Waals surface area (Å²) >= 11 is 0. The zero-order valence-electron chi connectivity index (χ0n) is 8.56. The monoisotopic (exact) mass is 222 g/mol. The Bertz CT molecular complexity index is 489. The maximum absolute atomic E-state index is 10.7. The molecule has 0 fully saturated rings. The maximum atomic E-state index is 10.7. The van der Waals surface area contributed by atoms with Gasteiger partial charge in [-0.25, -0.2) is 0 Å². The van der Waals surface area contributed by atoms with Crippen LogP contribution in [0, 0.1) is 17.0 Å². The lowest BCUT2D eigenvalue weighted by molar-refractivity contribution is -0.384. The fourth-order valence-electron chi connectivity index (χ4n) is 1.35. The zero-order chi connectivity index (χ0) is 11.5. The summed E-state index contributed by atoms with van der Waals surface area (Å²) in [7, 11) is 0. The summed E-state index contributed by atoms with van der Waals surface area (Å²) in [5, 5.41) is 20.0. The molecule has 0 radical (unpaired) electrons. The van der Waals surface area contributed by atoms with Crippen LogP contribution in [-0.4, -0.2) is 15.1 Å². The van der Waals surface area contributed by atoms with E-state index >= 15 is 0 Å². The summed E-state index contributed by atoms with van der Waals surface area (Å²) in [6.45, 7) is 1.96. The van der Waals surface area contributed by atoms with Crippen LogP contribution in [0.5, 0.6) is 0 Å². The Kier molecular flexibility index (Phi) is 2.59. The highest BCUT2D eigenvalue weighted by Gasteiger charge is 2.21. The van der Waals surface area contributed by atoms with Crippen molar-refractivity contribution >= 4 is 11.5 Å². The van der Waals surface area contributed by atoms with Crippen molar-refractivity contribution < 1.29 is 9.34 Å². The Morgan fingerprint density at radius 3 is 3.12 bits per heavy atom. The van der Waals surface area contributed by atoms with Crippen LogP contribution >= 0.6 is 0 Å². The molecule has 0 aliphatic rings. The summed E-state index contributed by atoms with van der Waals surface area (Å²) in [6.07, 6.45) is 1.54. The summed E-state index contributed by atoms with van der Waals surface area (Å²) in [5.41, 5.74) is 0.388. The van der Waals surface area contributed by atoms with Gasteiger partial charge < -0.3 is 9.73 Å². The van der Waals surface area contributed by atoms with Gasteiger partial charge in [0, 0.05) is 0 Å². The third kappa shape index (κ3) is 1.88. The van der Waals surface area contributed by atoms with Gasteiger partial charge in [0.25, 0.3) is 0 Å². The largest absolute Gasteiger partial charge is 0.467 e. The van der Waals surface area contributed by atoms with E-state index in [9.17, 15) is 10.1 Å². The number of hydrogen-bond donors (Lipinski definition) is 2. The van der Waals surface area contributed by atoms with E-state index in [-0.39, 0.29) is 11.5 Å². The first-order chi connectivity index (χ1) is 7.68. The van der Waals surface area contributed by atoms with Gasteiger partial charge in [0.2, 0.25) is 5.82 Å². The molecule has 2 heterocycles. The first kappa shape index (κ1) is 10.2. The molecule has 0 aliphatic carbocycles. The molecule has 84 valence electrons. The van der Waals surface area contributed by atoms with Crippen molar-refractivity contribution in [2.24, 2.45) is 0 Å². The van der Waals surface area contributed by atoms with E-state index in [1.165, 1.54) is 0 Å². The normalized spacial score (nSPS) is 10.3. The lowest BCUT2D eigenvalue weighted by Crippen LogP contribution is -2.01. The Labute approximate surface area is 90.6 Å². The van der Waals surface area contributed by atoms with Crippen molar-refractivity contribution in [2.75, 3.05) is 5.32 Å². The third-order valence-corrected chi connectivity index (χ3v) is 2.11. The van der Waals surface area contributed by atoms with Crippen molar-refractivity contribution in [3.05, 3.63) is 40.0 Å². The standard InChI is InChI=1S/C9H10N4O3/c1-6-8(13(14)15)9(12-11-6)10-5-7-3-2-4-16-7/h2-4H,5H2,1H3,(H2,10,11,12). The molecule has 0 bridgehead atoms. The summed E-state index contributed by atoms with van der Waals surface area (Å²) in [6, 6.07) is 3.53. The van der Waals surface area contributed by atoms with Crippen LogP contribution < -0.4 is 5.32 Å². The second kappa shape index (κ2) is 4.05. The van der Waals surface area contributed by atoms with Crippen molar-refractivity contribution in [1.82, 2.24) is 10.2 Å². The third-order valence-electron chi connectivity index (χ3n) is 2.11. The Balaban J connectivity index is 2.13. The fraction of sp³-hybridized carbons (Fsp3) is 0.222. The number of anilines is 1. The highest BCUT2D eigenvalue weighted by atomic mass is 16.6. The minimum atomic E-state index is -0.469. The average molecular weight is 222 g/mol. The van der Waals surface area contributed by atoms with Crippen molar-refractivity contribution in [1.29, 1.82) is 0 Å². The van der Waals surface area contributed by atoms with E-state index < -0.39 is 4.92 Å². The second-order valence-electron chi connectivity index (χ2n) is 3.24. The van der Waals surface area contributed by atoms with Gasteiger partial charge in [0.05, 0.1) is 17.7 Å². The molecular weight excluding hydrogens is 212 g/mol. The first-order valence-corrected chi connectivity index (χ1v) is 4.64. The number of aryl methyl sites for hydroxylation is 1. The topological polar surface area (TPSA) is 97.0 Å². The maximum Gasteiger partial charge on any atom is 0.333 e. The van der Waals surface area contributed by atoms with Crippen LogP contribution in [0.2, 0.25) is 0 Å².